The first-order chi connectivity index (χ1) is 6.36. The molecule has 0 bridgehead atoms. The lowest BCUT2D eigenvalue weighted by Gasteiger charge is -2.11. The van der Waals surface area contributed by atoms with Crippen LogP contribution in [0.25, 0.3) is 0 Å². The third-order valence-electron chi connectivity index (χ3n) is 2.29. The highest BCUT2D eigenvalue weighted by molar-refractivity contribution is 7.05. The maximum Gasteiger partial charge on any atom is 0.0917 e. The Balaban J connectivity index is 1.87. The van der Waals surface area contributed by atoms with Crippen molar-refractivity contribution in [1.82, 2.24) is 9.59 Å². The Morgan fingerprint density at radius 3 is 3.31 bits per heavy atom. The van der Waals surface area contributed by atoms with Gasteiger partial charge in [-0.25, -0.2) is 0 Å². The Bertz CT molecular complexity index is 247. The fourth-order valence-electron chi connectivity index (χ4n) is 1.52. The van der Waals surface area contributed by atoms with Crippen molar-refractivity contribution in [3.05, 3.63) is 11.1 Å². The van der Waals surface area contributed by atoms with Gasteiger partial charge in [0.25, 0.3) is 0 Å². The summed E-state index contributed by atoms with van der Waals surface area (Å²) in [5, 5.41) is 13.4. The zero-order chi connectivity index (χ0) is 9.10. The quantitative estimate of drug-likeness (QED) is 0.790. The molecule has 0 aromatic carbocycles. The van der Waals surface area contributed by atoms with E-state index in [0.717, 1.165) is 30.9 Å². The van der Waals surface area contributed by atoms with Gasteiger partial charge in [0.05, 0.1) is 17.2 Å². The van der Waals surface area contributed by atoms with Gasteiger partial charge in [0.15, 0.2) is 0 Å². The Morgan fingerprint density at radius 1 is 1.77 bits per heavy atom. The summed E-state index contributed by atoms with van der Waals surface area (Å²) in [6, 6.07) is 0. The first-order valence-electron chi connectivity index (χ1n) is 4.39. The number of hydrogen-bond donors (Lipinski definition) is 1. The van der Waals surface area contributed by atoms with Crippen molar-refractivity contribution in [2.75, 3.05) is 13.2 Å². The Morgan fingerprint density at radius 2 is 2.69 bits per heavy atom. The second kappa shape index (κ2) is 4.13. The number of aliphatic hydroxyl groups excluding tert-OH is 1. The normalized spacial score (nSPS) is 24.8. The maximum absolute atomic E-state index is 9.74. The molecule has 2 rings (SSSR count). The van der Waals surface area contributed by atoms with Crippen LogP contribution in [0, 0.1) is 5.92 Å². The monoisotopic (exact) mass is 200 g/mol. The molecular weight excluding hydrogens is 188 g/mol. The molecule has 1 aliphatic rings. The van der Waals surface area contributed by atoms with Gasteiger partial charge in [-0.3, -0.25) is 0 Å². The molecule has 0 radical (unpaired) electrons. The van der Waals surface area contributed by atoms with E-state index in [1.807, 2.05) is 0 Å². The van der Waals surface area contributed by atoms with E-state index < -0.39 is 6.10 Å². The van der Waals surface area contributed by atoms with Gasteiger partial charge in [-0.2, -0.15) is 0 Å². The number of nitrogens with zero attached hydrogens (tertiary/aromatic N) is 2. The summed E-state index contributed by atoms with van der Waals surface area (Å²) < 4.78 is 8.95. The summed E-state index contributed by atoms with van der Waals surface area (Å²) >= 11 is 1.26. The summed E-state index contributed by atoms with van der Waals surface area (Å²) in [5.41, 5.74) is 0. The van der Waals surface area contributed by atoms with Crippen LogP contribution in [-0.4, -0.2) is 27.9 Å². The van der Waals surface area contributed by atoms with Gasteiger partial charge < -0.3 is 9.84 Å². The molecule has 2 unspecified atom stereocenters. The molecule has 2 heterocycles. The molecule has 1 fully saturated rings. The van der Waals surface area contributed by atoms with Crippen molar-refractivity contribution in [2.24, 2.45) is 5.92 Å². The smallest absolute Gasteiger partial charge is 0.0917 e. The van der Waals surface area contributed by atoms with Gasteiger partial charge in [-0.1, -0.05) is 4.49 Å². The molecule has 1 saturated heterocycles. The van der Waals surface area contributed by atoms with Crippen LogP contribution in [0.5, 0.6) is 0 Å². The maximum atomic E-state index is 9.74. The predicted octanol–water partition coefficient (Wildman–Crippen LogP) is 0.998. The molecular formula is C8H12N2O2S. The SMILES string of the molecule is OC(CC1CCOC1)c1cnns1. The molecule has 0 aliphatic carbocycles. The van der Waals surface area contributed by atoms with Crippen LogP contribution in [0.1, 0.15) is 23.8 Å². The van der Waals surface area contributed by atoms with Crippen LogP contribution in [0.4, 0.5) is 0 Å². The van der Waals surface area contributed by atoms with Gasteiger partial charge >= 0.3 is 0 Å². The fraction of sp³-hybridized carbons (Fsp3) is 0.750. The average molecular weight is 200 g/mol. The minimum absolute atomic E-state index is 0.410. The first-order valence-corrected chi connectivity index (χ1v) is 5.16. The molecule has 72 valence electrons. The van der Waals surface area contributed by atoms with E-state index in [-0.39, 0.29) is 0 Å². The third kappa shape index (κ3) is 2.24. The summed E-state index contributed by atoms with van der Waals surface area (Å²) in [6.07, 6.45) is 3.05. The number of hydrogen-bond acceptors (Lipinski definition) is 5. The molecule has 0 amide bonds. The number of aliphatic hydroxyl groups is 1. The van der Waals surface area contributed by atoms with E-state index in [4.69, 9.17) is 4.74 Å². The predicted molar refractivity (Wildman–Crippen MR) is 48.4 cm³/mol. The number of rotatable bonds is 3. The van der Waals surface area contributed by atoms with Crippen LogP contribution < -0.4 is 0 Å². The minimum atomic E-state index is -0.410. The van der Waals surface area contributed by atoms with E-state index in [0.29, 0.717) is 5.92 Å². The summed E-state index contributed by atoms with van der Waals surface area (Å²) in [5.74, 6) is 0.497. The van der Waals surface area contributed by atoms with E-state index in [2.05, 4.69) is 9.59 Å². The minimum Gasteiger partial charge on any atom is -0.387 e. The topological polar surface area (TPSA) is 55.2 Å². The van der Waals surface area contributed by atoms with Crippen molar-refractivity contribution < 1.29 is 9.84 Å². The zero-order valence-corrected chi connectivity index (χ0v) is 8.04. The number of aromatic nitrogens is 2. The summed E-state index contributed by atoms with van der Waals surface area (Å²) in [4.78, 5) is 0.854. The molecule has 2 atom stereocenters. The van der Waals surface area contributed by atoms with Crippen LogP contribution >= 0.6 is 11.5 Å². The highest BCUT2D eigenvalue weighted by atomic mass is 32.1. The van der Waals surface area contributed by atoms with Crippen molar-refractivity contribution in [2.45, 2.75) is 18.9 Å². The summed E-state index contributed by atoms with van der Waals surface area (Å²) in [6.45, 7) is 1.61. The average Bonchev–Trinajstić information content (AvgIpc) is 2.74. The molecule has 5 heteroatoms. The van der Waals surface area contributed by atoms with Gasteiger partial charge in [0, 0.05) is 13.2 Å². The number of ether oxygens (including phenoxy) is 1. The van der Waals surface area contributed by atoms with Crippen molar-refractivity contribution in [1.29, 1.82) is 0 Å². The molecule has 0 spiro atoms. The van der Waals surface area contributed by atoms with Crippen molar-refractivity contribution >= 4 is 11.5 Å². The molecule has 1 aliphatic heterocycles. The van der Waals surface area contributed by atoms with Crippen LogP contribution in [0.3, 0.4) is 0 Å². The Hall–Kier alpha value is -0.520. The second-order valence-corrected chi connectivity index (χ2v) is 4.12. The molecule has 1 aromatic rings. The van der Waals surface area contributed by atoms with Crippen molar-refractivity contribution in [3.63, 3.8) is 0 Å². The van der Waals surface area contributed by atoms with Crippen molar-refractivity contribution in [3.8, 4) is 0 Å². The van der Waals surface area contributed by atoms with E-state index in [1.54, 1.807) is 6.20 Å². The van der Waals surface area contributed by atoms with Gasteiger partial charge in [-0.15, -0.1) is 5.10 Å². The van der Waals surface area contributed by atoms with Crippen LogP contribution in [0.15, 0.2) is 6.20 Å². The van der Waals surface area contributed by atoms with Gasteiger partial charge in [-0.05, 0) is 30.3 Å². The second-order valence-electron chi connectivity index (χ2n) is 3.30. The summed E-state index contributed by atoms with van der Waals surface area (Å²) in [7, 11) is 0. The lowest BCUT2D eigenvalue weighted by Crippen LogP contribution is -2.06. The molecule has 1 N–H and O–H groups in total. The highest BCUT2D eigenvalue weighted by Gasteiger charge is 2.21. The highest BCUT2D eigenvalue weighted by Crippen LogP contribution is 2.27. The molecule has 0 saturated carbocycles. The van der Waals surface area contributed by atoms with Crippen LogP contribution in [0.2, 0.25) is 0 Å². The van der Waals surface area contributed by atoms with E-state index >= 15 is 0 Å². The first kappa shape index (κ1) is 9.05. The lowest BCUT2D eigenvalue weighted by atomic mass is 10.0. The molecule has 1 aromatic heterocycles. The zero-order valence-electron chi connectivity index (χ0n) is 7.22. The van der Waals surface area contributed by atoms with Crippen LogP contribution in [-0.2, 0) is 4.74 Å². The Labute approximate surface area is 80.7 Å². The fourth-order valence-corrected chi connectivity index (χ4v) is 2.02. The van der Waals surface area contributed by atoms with E-state index in [9.17, 15) is 5.11 Å². The largest absolute Gasteiger partial charge is 0.387 e. The third-order valence-corrected chi connectivity index (χ3v) is 3.05. The molecule has 13 heavy (non-hydrogen) atoms. The standard InChI is InChI=1S/C8H12N2O2S/c11-7(8-4-9-10-13-8)3-6-1-2-12-5-6/h4,6-7,11H,1-3,5H2. The lowest BCUT2D eigenvalue weighted by molar-refractivity contribution is 0.132. The van der Waals surface area contributed by atoms with Gasteiger partial charge in [0.1, 0.15) is 0 Å². The van der Waals surface area contributed by atoms with Gasteiger partial charge in [0.2, 0.25) is 0 Å². The molecule has 4 nitrogen and oxygen atoms in total. The van der Waals surface area contributed by atoms with E-state index in [1.165, 1.54) is 11.5 Å². The Kier molecular flexibility index (Phi) is 2.87.